The number of carbonyl (C=O) groups excluding carboxylic acids is 1. The summed E-state index contributed by atoms with van der Waals surface area (Å²) in [6, 6.07) is 8.29. The molecule has 0 saturated carbocycles. The minimum absolute atomic E-state index is 0.0413. The zero-order valence-electron chi connectivity index (χ0n) is 16.4. The molecule has 1 aromatic carbocycles. The summed E-state index contributed by atoms with van der Waals surface area (Å²) in [5.74, 6) is 0.489. The van der Waals surface area contributed by atoms with Crippen LogP contribution in [0.25, 0.3) is 0 Å². The monoisotopic (exact) mass is 394 g/mol. The summed E-state index contributed by atoms with van der Waals surface area (Å²) in [5.41, 5.74) is 1.12. The van der Waals surface area contributed by atoms with E-state index in [9.17, 15) is 4.79 Å². The van der Waals surface area contributed by atoms with Crippen LogP contribution >= 0.6 is 11.6 Å². The van der Waals surface area contributed by atoms with Gasteiger partial charge in [-0.2, -0.15) is 0 Å². The van der Waals surface area contributed by atoms with Gasteiger partial charge in [0.05, 0.1) is 13.2 Å². The van der Waals surface area contributed by atoms with E-state index >= 15 is 0 Å². The molecule has 0 aromatic heterocycles. The zero-order chi connectivity index (χ0) is 19.2. The highest BCUT2D eigenvalue weighted by molar-refractivity contribution is 6.30. The van der Waals surface area contributed by atoms with Gasteiger partial charge in [0.1, 0.15) is 0 Å². The normalized spacial score (nSPS) is 20.0. The van der Waals surface area contributed by atoms with E-state index in [4.69, 9.17) is 16.3 Å². The van der Waals surface area contributed by atoms with Gasteiger partial charge in [-0.3, -0.25) is 4.90 Å². The minimum atomic E-state index is 0.0413. The molecule has 150 valence electrons. The van der Waals surface area contributed by atoms with E-state index in [0.717, 1.165) is 63.2 Å². The number of anilines is 1. The first-order chi connectivity index (χ1) is 13.0. The van der Waals surface area contributed by atoms with Crippen molar-refractivity contribution in [2.24, 2.45) is 5.92 Å². The lowest BCUT2D eigenvalue weighted by Crippen LogP contribution is -2.55. The van der Waals surface area contributed by atoms with E-state index in [-0.39, 0.29) is 6.03 Å². The number of benzene rings is 1. The van der Waals surface area contributed by atoms with Crippen molar-refractivity contribution >= 4 is 23.3 Å². The Bertz CT molecular complexity index is 614. The fourth-order valence-corrected chi connectivity index (χ4v) is 4.02. The van der Waals surface area contributed by atoms with Crippen LogP contribution in [0.5, 0.6) is 0 Å². The molecule has 1 atom stereocenters. The molecule has 2 fully saturated rings. The molecule has 6 nitrogen and oxygen atoms in total. The largest absolute Gasteiger partial charge is 0.379 e. The maximum absolute atomic E-state index is 12.6. The molecule has 1 aromatic rings. The Labute approximate surface area is 167 Å². The number of hydrogen-bond acceptors (Lipinski definition) is 4. The molecule has 0 unspecified atom stereocenters. The van der Waals surface area contributed by atoms with E-state index in [1.165, 1.54) is 0 Å². The van der Waals surface area contributed by atoms with Crippen molar-refractivity contribution in [3.63, 3.8) is 0 Å². The van der Waals surface area contributed by atoms with Crippen molar-refractivity contribution in [3.8, 4) is 0 Å². The topological polar surface area (TPSA) is 48.1 Å². The molecule has 3 rings (SSSR count). The lowest BCUT2D eigenvalue weighted by Gasteiger charge is -2.38. The van der Waals surface area contributed by atoms with Crippen molar-refractivity contribution in [2.45, 2.75) is 19.9 Å². The Morgan fingerprint density at radius 1 is 1.15 bits per heavy atom. The van der Waals surface area contributed by atoms with Crippen LogP contribution in [0.1, 0.15) is 13.8 Å². The van der Waals surface area contributed by atoms with Crippen molar-refractivity contribution in [3.05, 3.63) is 29.3 Å². The molecule has 0 aliphatic carbocycles. The number of piperazine rings is 1. The van der Waals surface area contributed by atoms with Gasteiger partial charge in [0, 0.05) is 62.6 Å². The van der Waals surface area contributed by atoms with Crippen LogP contribution in [-0.2, 0) is 4.74 Å². The molecule has 2 aliphatic heterocycles. The Morgan fingerprint density at radius 3 is 2.48 bits per heavy atom. The molecule has 2 aliphatic rings. The first-order valence-corrected chi connectivity index (χ1v) is 10.3. The summed E-state index contributed by atoms with van der Waals surface area (Å²) in [7, 11) is 0. The fourth-order valence-electron chi connectivity index (χ4n) is 3.84. The number of nitrogens with zero attached hydrogens (tertiary/aromatic N) is 3. The second kappa shape index (κ2) is 9.62. The van der Waals surface area contributed by atoms with E-state index in [1.807, 2.05) is 23.1 Å². The SMILES string of the molecule is CC(C)[C@H](CNC(=O)N1CCN(c2cccc(Cl)c2)CC1)N1CCOCC1. The van der Waals surface area contributed by atoms with Crippen LogP contribution in [0.15, 0.2) is 24.3 Å². The molecule has 0 bridgehead atoms. The second-order valence-electron chi connectivity index (χ2n) is 7.60. The van der Waals surface area contributed by atoms with Crippen LogP contribution in [0, 0.1) is 5.92 Å². The third kappa shape index (κ3) is 5.50. The third-order valence-electron chi connectivity index (χ3n) is 5.49. The smallest absolute Gasteiger partial charge is 0.317 e. The van der Waals surface area contributed by atoms with E-state index in [1.54, 1.807) is 0 Å². The van der Waals surface area contributed by atoms with E-state index in [2.05, 4.69) is 35.0 Å². The summed E-state index contributed by atoms with van der Waals surface area (Å²) < 4.78 is 5.45. The summed E-state index contributed by atoms with van der Waals surface area (Å²) in [5, 5.41) is 3.91. The van der Waals surface area contributed by atoms with Crippen LogP contribution in [0.3, 0.4) is 0 Å². The number of halogens is 1. The van der Waals surface area contributed by atoms with Gasteiger partial charge in [-0.25, -0.2) is 4.79 Å². The second-order valence-corrected chi connectivity index (χ2v) is 8.04. The van der Waals surface area contributed by atoms with Crippen molar-refractivity contribution in [2.75, 3.05) is 63.9 Å². The summed E-state index contributed by atoms with van der Waals surface area (Å²) >= 11 is 6.09. The fraction of sp³-hybridized carbons (Fsp3) is 0.650. The minimum Gasteiger partial charge on any atom is -0.379 e. The molecule has 7 heteroatoms. The first kappa shape index (κ1) is 20.2. The maximum Gasteiger partial charge on any atom is 0.317 e. The molecule has 0 spiro atoms. The van der Waals surface area contributed by atoms with Crippen molar-refractivity contribution in [1.82, 2.24) is 15.1 Å². The predicted molar refractivity (Wildman–Crippen MR) is 110 cm³/mol. The zero-order valence-corrected chi connectivity index (χ0v) is 17.1. The number of amides is 2. The number of nitrogens with one attached hydrogen (secondary N) is 1. The number of rotatable bonds is 5. The lowest BCUT2D eigenvalue weighted by atomic mass is 10.0. The number of ether oxygens (including phenoxy) is 1. The van der Waals surface area contributed by atoms with Crippen molar-refractivity contribution in [1.29, 1.82) is 0 Å². The Kier molecular flexibility index (Phi) is 7.21. The molecule has 2 heterocycles. The molecule has 27 heavy (non-hydrogen) atoms. The average Bonchev–Trinajstić information content (AvgIpc) is 2.69. The average molecular weight is 395 g/mol. The van der Waals surface area contributed by atoms with Gasteiger partial charge in [-0.15, -0.1) is 0 Å². The van der Waals surface area contributed by atoms with Gasteiger partial charge in [0.25, 0.3) is 0 Å². The van der Waals surface area contributed by atoms with E-state index < -0.39 is 0 Å². The molecule has 0 radical (unpaired) electrons. The summed E-state index contributed by atoms with van der Waals surface area (Å²) in [4.78, 5) is 19.3. The van der Waals surface area contributed by atoms with Gasteiger partial charge in [-0.1, -0.05) is 31.5 Å². The quantitative estimate of drug-likeness (QED) is 0.833. The summed E-state index contributed by atoms with van der Waals surface area (Å²) in [6.45, 7) is 11.7. The molecular weight excluding hydrogens is 364 g/mol. The first-order valence-electron chi connectivity index (χ1n) is 9.89. The molecule has 1 N–H and O–H groups in total. The van der Waals surface area contributed by atoms with Crippen LogP contribution < -0.4 is 10.2 Å². The Balaban J connectivity index is 1.47. The van der Waals surface area contributed by atoms with E-state index in [0.29, 0.717) is 18.5 Å². The standard InChI is InChI=1S/C20H31ClN4O2/c1-16(2)19(24-10-12-27-13-11-24)15-22-20(26)25-8-6-23(7-9-25)18-5-3-4-17(21)14-18/h3-5,14,16,19H,6-13,15H2,1-2H3,(H,22,26)/t19-/m0/s1. The third-order valence-corrected chi connectivity index (χ3v) is 5.72. The van der Waals surface area contributed by atoms with Crippen LogP contribution in [0.2, 0.25) is 5.02 Å². The van der Waals surface area contributed by atoms with Gasteiger partial charge >= 0.3 is 6.03 Å². The highest BCUT2D eigenvalue weighted by atomic mass is 35.5. The molecule has 2 saturated heterocycles. The van der Waals surface area contributed by atoms with Crippen LogP contribution in [0.4, 0.5) is 10.5 Å². The number of urea groups is 1. The van der Waals surface area contributed by atoms with Gasteiger partial charge in [-0.05, 0) is 24.1 Å². The number of morpholine rings is 1. The predicted octanol–water partition coefficient (Wildman–Crippen LogP) is 2.53. The van der Waals surface area contributed by atoms with Crippen LogP contribution in [-0.4, -0.2) is 80.9 Å². The number of hydrogen-bond donors (Lipinski definition) is 1. The van der Waals surface area contributed by atoms with Gasteiger partial charge < -0.3 is 19.9 Å². The highest BCUT2D eigenvalue weighted by Crippen LogP contribution is 2.21. The maximum atomic E-state index is 12.6. The van der Waals surface area contributed by atoms with Gasteiger partial charge in [0.2, 0.25) is 0 Å². The Hall–Kier alpha value is -1.50. The van der Waals surface area contributed by atoms with Gasteiger partial charge in [0.15, 0.2) is 0 Å². The number of carbonyl (C=O) groups is 1. The van der Waals surface area contributed by atoms with Crippen molar-refractivity contribution < 1.29 is 9.53 Å². The summed E-state index contributed by atoms with van der Waals surface area (Å²) in [6.07, 6.45) is 0. The molecule has 2 amide bonds. The molecular formula is C20H31ClN4O2. The lowest BCUT2D eigenvalue weighted by molar-refractivity contribution is 0.00693. The Morgan fingerprint density at radius 2 is 1.85 bits per heavy atom. The highest BCUT2D eigenvalue weighted by Gasteiger charge is 2.26.